The molecule has 0 saturated carbocycles. The van der Waals surface area contributed by atoms with E-state index in [1.54, 1.807) is 38.1 Å². The third kappa shape index (κ3) is 3.61. The fourth-order valence-corrected chi connectivity index (χ4v) is 1.43. The Morgan fingerprint density at radius 1 is 1.29 bits per heavy atom. The van der Waals surface area contributed by atoms with Crippen LogP contribution in [0.2, 0.25) is 5.02 Å². The highest BCUT2D eigenvalue weighted by molar-refractivity contribution is 6.30. The standard InChI is InChI=1S/C12H16ClNO3/c1-12(2,11(15)14(3)16-4)17-10-7-5-9(13)6-8-10/h5-8H,1-4H3. The molecule has 0 heterocycles. The quantitative estimate of drug-likeness (QED) is 0.778. The summed E-state index contributed by atoms with van der Waals surface area (Å²) in [6.07, 6.45) is 0. The maximum Gasteiger partial charge on any atom is 0.289 e. The van der Waals surface area contributed by atoms with E-state index in [1.165, 1.54) is 14.2 Å². The first-order valence-electron chi connectivity index (χ1n) is 5.13. The van der Waals surface area contributed by atoms with Crippen LogP contribution in [0.4, 0.5) is 0 Å². The average molecular weight is 258 g/mol. The number of benzene rings is 1. The van der Waals surface area contributed by atoms with Gasteiger partial charge in [-0.1, -0.05) is 11.6 Å². The molecular weight excluding hydrogens is 242 g/mol. The van der Waals surface area contributed by atoms with Crippen LogP contribution in [0.25, 0.3) is 0 Å². The number of ether oxygens (including phenoxy) is 1. The Bertz CT molecular complexity index is 389. The van der Waals surface area contributed by atoms with Crippen LogP contribution in [0.5, 0.6) is 5.75 Å². The fourth-order valence-electron chi connectivity index (χ4n) is 1.30. The van der Waals surface area contributed by atoms with Gasteiger partial charge in [0, 0.05) is 12.1 Å². The minimum Gasteiger partial charge on any atom is -0.478 e. The maximum atomic E-state index is 11.9. The minimum absolute atomic E-state index is 0.269. The van der Waals surface area contributed by atoms with Gasteiger partial charge < -0.3 is 4.74 Å². The largest absolute Gasteiger partial charge is 0.478 e. The third-order valence-corrected chi connectivity index (χ3v) is 2.51. The van der Waals surface area contributed by atoms with Gasteiger partial charge in [0.25, 0.3) is 5.91 Å². The second-order valence-corrected chi connectivity index (χ2v) is 4.49. The number of rotatable bonds is 4. The lowest BCUT2D eigenvalue weighted by atomic mass is 10.1. The summed E-state index contributed by atoms with van der Waals surface area (Å²) < 4.78 is 5.61. The Labute approximate surface area is 106 Å². The Balaban J connectivity index is 2.78. The molecule has 0 aliphatic carbocycles. The SMILES string of the molecule is CON(C)C(=O)C(C)(C)Oc1ccc(Cl)cc1. The smallest absolute Gasteiger partial charge is 0.289 e. The summed E-state index contributed by atoms with van der Waals surface area (Å²) >= 11 is 5.77. The molecule has 1 amide bonds. The number of nitrogens with zero attached hydrogens (tertiary/aromatic N) is 1. The molecule has 0 aliphatic heterocycles. The predicted molar refractivity (Wildman–Crippen MR) is 65.9 cm³/mol. The maximum absolute atomic E-state index is 11.9. The minimum atomic E-state index is -1.00. The van der Waals surface area contributed by atoms with Crippen LogP contribution < -0.4 is 4.74 Å². The molecule has 0 bridgehead atoms. The van der Waals surface area contributed by atoms with Crippen LogP contribution in [-0.2, 0) is 9.63 Å². The number of hydroxylamine groups is 2. The van der Waals surface area contributed by atoms with E-state index in [4.69, 9.17) is 21.2 Å². The lowest BCUT2D eigenvalue weighted by Crippen LogP contribution is -2.46. The molecule has 0 radical (unpaired) electrons. The summed E-state index contributed by atoms with van der Waals surface area (Å²) in [4.78, 5) is 16.8. The van der Waals surface area contributed by atoms with Crippen LogP contribution in [0.3, 0.4) is 0 Å². The molecule has 0 fully saturated rings. The van der Waals surface area contributed by atoms with Gasteiger partial charge in [0.15, 0.2) is 5.60 Å². The van der Waals surface area contributed by atoms with Crippen LogP contribution in [0.15, 0.2) is 24.3 Å². The van der Waals surface area contributed by atoms with Crippen molar-refractivity contribution in [1.82, 2.24) is 5.06 Å². The molecule has 0 atom stereocenters. The monoisotopic (exact) mass is 257 g/mol. The lowest BCUT2D eigenvalue weighted by molar-refractivity contribution is -0.183. The van der Waals surface area contributed by atoms with Gasteiger partial charge >= 0.3 is 0 Å². The van der Waals surface area contributed by atoms with Crippen molar-refractivity contribution in [2.75, 3.05) is 14.2 Å². The molecular formula is C12H16ClNO3. The number of halogens is 1. The highest BCUT2D eigenvalue weighted by atomic mass is 35.5. The molecule has 0 spiro atoms. The summed E-state index contributed by atoms with van der Waals surface area (Å²) in [6.45, 7) is 3.36. The predicted octanol–water partition coefficient (Wildman–Crippen LogP) is 2.52. The van der Waals surface area contributed by atoms with Crippen LogP contribution >= 0.6 is 11.6 Å². The van der Waals surface area contributed by atoms with Crippen molar-refractivity contribution in [3.05, 3.63) is 29.3 Å². The van der Waals surface area contributed by atoms with Gasteiger partial charge in [-0.2, -0.15) is 0 Å². The molecule has 0 saturated heterocycles. The third-order valence-electron chi connectivity index (χ3n) is 2.26. The van der Waals surface area contributed by atoms with Gasteiger partial charge in [-0.25, -0.2) is 5.06 Å². The highest BCUT2D eigenvalue weighted by Gasteiger charge is 2.33. The molecule has 1 aromatic rings. The molecule has 4 nitrogen and oxygen atoms in total. The first-order chi connectivity index (χ1) is 7.86. The van der Waals surface area contributed by atoms with Crippen molar-refractivity contribution in [2.24, 2.45) is 0 Å². The number of amides is 1. The first-order valence-corrected chi connectivity index (χ1v) is 5.51. The van der Waals surface area contributed by atoms with Crippen molar-refractivity contribution in [1.29, 1.82) is 0 Å². The van der Waals surface area contributed by atoms with Crippen molar-refractivity contribution in [3.63, 3.8) is 0 Å². The molecule has 0 aliphatic rings. The number of carbonyl (C=O) groups is 1. The topological polar surface area (TPSA) is 38.8 Å². The van der Waals surface area contributed by atoms with Gasteiger partial charge in [-0.3, -0.25) is 9.63 Å². The van der Waals surface area contributed by atoms with Crippen molar-refractivity contribution < 1.29 is 14.4 Å². The molecule has 94 valence electrons. The molecule has 0 aromatic heterocycles. The van der Waals surface area contributed by atoms with E-state index >= 15 is 0 Å². The van der Waals surface area contributed by atoms with Gasteiger partial charge in [0.1, 0.15) is 5.75 Å². The second kappa shape index (κ2) is 5.38. The van der Waals surface area contributed by atoms with E-state index < -0.39 is 5.60 Å². The molecule has 5 heteroatoms. The number of likely N-dealkylation sites (N-methyl/N-ethyl adjacent to an activating group) is 1. The van der Waals surface area contributed by atoms with Crippen LogP contribution in [0.1, 0.15) is 13.8 Å². The van der Waals surface area contributed by atoms with Crippen molar-refractivity contribution >= 4 is 17.5 Å². The Morgan fingerprint density at radius 2 is 1.82 bits per heavy atom. The van der Waals surface area contributed by atoms with Crippen molar-refractivity contribution in [2.45, 2.75) is 19.4 Å². The number of hydrogen-bond acceptors (Lipinski definition) is 3. The van der Waals surface area contributed by atoms with Gasteiger partial charge in [-0.05, 0) is 38.1 Å². The first kappa shape index (κ1) is 13.8. The summed E-state index contributed by atoms with van der Waals surface area (Å²) in [5.41, 5.74) is -1.00. The van der Waals surface area contributed by atoms with Gasteiger partial charge in [0.05, 0.1) is 7.11 Å². The zero-order valence-electron chi connectivity index (χ0n) is 10.4. The second-order valence-electron chi connectivity index (χ2n) is 4.05. The van der Waals surface area contributed by atoms with E-state index in [-0.39, 0.29) is 5.91 Å². The van der Waals surface area contributed by atoms with Gasteiger partial charge in [0.2, 0.25) is 0 Å². The highest BCUT2D eigenvalue weighted by Crippen LogP contribution is 2.22. The van der Waals surface area contributed by atoms with Crippen LogP contribution in [-0.4, -0.2) is 30.7 Å². The normalized spacial score (nSPS) is 11.1. The molecule has 17 heavy (non-hydrogen) atoms. The van der Waals surface area contributed by atoms with E-state index in [0.29, 0.717) is 10.8 Å². The van der Waals surface area contributed by atoms with E-state index in [2.05, 4.69) is 0 Å². The number of carbonyl (C=O) groups excluding carboxylic acids is 1. The molecule has 0 unspecified atom stereocenters. The Kier molecular flexibility index (Phi) is 4.37. The lowest BCUT2D eigenvalue weighted by Gasteiger charge is -2.28. The Hall–Kier alpha value is -1.26. The van der Waals surface area contributed by atoms with E-state index in [1.807, 2.05) is 0 Å². The summed E-state index contributed by atoms with van der Waals surface area (Å²) in [6, 6.07) is 6.84. The van der Waals surface area contributed by atoms with Crippen LogP contribution in [0, 0.1) is 0 Å². The van der Waals surface area contributed by atoms with E-state index in [0.717, 1.165) is 5.06 Å². The average Bonchev–Trinajstić information content (AvgIpc) is 2.30. The zero-order chi connectivity index (χ0) is 13.1. The molecule has 0 N–H and O–H groups in total. The fraction of sp³-hybridized carbons (Fsp3) is 0.417. The van der Waals surface area contributed by atoms with E-state index in [9.17, 15) is 4.79 Å². The van der Waals surface area contributed by atoms with Crippen molar-refractivity contribution in [3.8, 4) is 5.75 Å². The zero-order valence-corrected chi connectivity index (χ0v) is 11.1. The number of hydrogen-bond donors (Lipinski definition) is 0. The van der Waals surface area contributed by atoms with Gasteiger partial charge in [-0.15, -0.1) is 0 Å². The summed E-state index contributed by atoms with van der Waals surface area (Å²) in [7, 11) is 2.96. The Morgan fingerprint density at radius 3 is 2.29 bits per heavy atom. The summed E-state index contributed by atoms with van der Waals surface area (Å²) in [5, 5.41) is 1.76. The molecule has 1 aromatic carbocycles. The molecule has 1 rings (SSSR count). The summed E-state index contributed by atoms with van der Waals surface area (Å²) in [5.74, 6) is 0.312.